The van der Waals surface area contributed by atoms with Crippen molar-refractivity contribution in [3.8, 4) is 44.5 Å². The highest BCUT2D eigenvalue weighted by Crippen LogP contribution is 2.48. The minimum atomic E-state index is 1.09. The van der Waals surface area contributed by atoms with Crippen molar-refractivity contribution in [3.63, 3.8) is 0 Å². The van der Waals surface area contributed by atoms with Crippen molar-refractivity contribution in [2.45, 2.75) is 13.8 Å². The highest BCUT2D eigenvalue weighted by atomic mass is 15.1. The van der Waals surface area contributed by atoms with E-state index >= 15 is 0 Å². The van der Waals surface area contributed by atoms with Crippen LogP contribution in [0.25, 0.3) is 93.2 Å². The van der Waals surface area contributed by atoms with Crippen LogP contribution in [0.1, 0.15) is 19.4 Å². The van der Waals surface area contributed by atoms with Gasteiger partial charge in [-0.2, -0.15) is 0 Å². The highest BCUT2D eigenvalue weighted by molar-refractivity contribution is 6.23. The smallest absolute Gasteiger partial charge is 0.0462 e. The van der Waals surface area contributed by atoms with Crippen LogP contribution in [0.15, 0.2) is 303 Å². The molecule has 0 aliphatic carbocycles. The number of rotatable bonds is 12. The lowest BCUT2D eigenvalue weighted by molar-refractivity contribution is 1.28. The van der Waals surface area contributed by atoms with E-state index in [0.29, 0.717) is 0 Å². The van der Waals surface area contributed by atoms with Crippen molar-refractivity contribution < 1.29 is 0 Å². The Balaban J connectivity index is 0.980. The number of hydrogen-bond donors (Lipinski definition) is 0. The van der Waals surface area contributed by atoms with Gasteiger partial charge in [0.25, 0.3) is 0 Å². The van der Waals surface area contributed by atoms with E-state index in [1.54, 1.807) is 0 Å². The van der Waals surface area contributed by atoms with Gasteiger partial charge in [0.05, 0.1) is 0 Å². The second-order valence-electron chi connectivity index (χ2n) is 19.8. The van der Waals surface area contributed by atoms with Gasteiger partial charge in [0.2, 0.25) is 0 Å². The van der Waals surface area contributed by atoms with Crippen molar-refractivity contribution in [2.24, 2.45) is 0 Å². The summed E-state index contributed by atoms with van der Waals surface area (Å²) in [5.41, 5.74) is 18.7. The number of anilines is 6. The molecule has 0 spiro atoms. The summed E-state index contributed by atoms with van der Waals surface area (Å²) in [6.45, 7) is 4.23. The third-order valence-corrected chi connectivity index (χ3v) is 15.3. The molecule has 0 bridgehead atoms. The van der Waals surface area contributed by atoms with Crippen LogP contribution in [-0.2, 0) is 0 Å². The Kier molecular flexibility index (Phi) is 12.8. The molecule has 0 radical (unpaired) electrons. The molecule has 0 heterocycles. The molecule has 13 aromatic carbocycles. The lowest BCUT2D eigenvalue weighted by Gasteiger charge is -2.26. The summed E-state index contributed by atoms with van der Waals surface area (Å²) < 4.78 is 0. The Morgan fingerprint density at radius 1 is 0.256 bits per heavy atom. The maximum atomic E-state index is 2.43. The van der Waals surface area contributed by atoms with Crippen LogP contribution < -0.4 is 9.80 Å². The van der Waals surface area contributed by atoms with Crippen LogP contribution >= 0.6 is 0 Å². The van der Waals surface area contributed by atoms with E-state index in [1.165, 1.54) is 93.2 Å². The lowest BCUT2D eigenvalue weighted by Crippen LogP contribution is -2.09. The van der Waals surface area contributed by atoms with Crippen molar-refractivity contribution in [1.82, 2.24) is 0 Å². The normalized spacial score (nSPS) is 11.7. The molecule has 13 rings (SSSR count). The molecule has 370 valence electrons. The second kappa shape index (κ2) is 20.9. The standard InChI is InChI=1S/C76H56N2/c1-3-23-53(4-2)73-65-32-17-19-34-67(65)74(68-35-20-18-33-66(68)73)55-40-38-54(39-41-55)58-46-51-71-72(52-58)76(57-44-49-64(50-45-57)78(61-28-13-7-14-29-61)62-30-15-8-16-31-62)70-37-22-21-36-69(70)75(71)56-42-47-63(48-43-56)77(59-24-9-5-10-25-59)60-26-11-6-12-27-60/h3-52H,1-2H3/b23-3-,53-4+. The molecule has 0 aliphatic heterocycles. The summed E-state index contributed by atoms with van der Waals surface area (Å²) in [5, 5.41) is 9.84. The van der Waals surface area contributed by atoms with Gasteiger partial charge in [0.1, 0.15) is 0 Å². The first-order chi connectivity index (χ1) is 38.6. The Morgan fingerprint density at radius 2 is 0.538 bits per heavy atom. The number of benzene rings is 13. The molecule has 0 N–H and O–H groups in total. The first-order valence-electron chi connectivity index (χ1n) is 27.0. The highest BCUT2D eigenvalue weighted by Gasteiger charge is 2.21. The predicted octanol–water partition coefficient (Wildman–Crippen LogP) is 21.9. The molecule has 78 heavy (non-hydrogen) atoms. The molecular formula is C76H56N2. The van der Waals surface area contributed by atoms with Gasteiger partial charge in [-0.1, -0.05) is 224 Å². The van der Waals surface area contributed by atoms with Crippen molar-refractivity contribution in [2.75, 3.05) is 9.80 Å². The molecule has 0 fully saturated rings. The third kappa shape index (κ3) is 8.70. The van der Waals surface area contributed by atoms with Crippen LogP contribution in [0.5, 0.6) is 0 Å². The maximum Gasteiger partial charge on any atom is 0.0462 e. The van der Waals surface area contributed by atoms with Crippen LogP contribution in [0.2, 0.25) is 0 Å². The maximum absolute atomic E-state index is 2.43. The molecule has 2 nitrogen and oxygen atoms in total. The molecule has 0 amide bonds. The van der Waals surface area contributed by atoms with Gasteiger partial charge in [-0.05, 0) is 191 Å². The van der Waals surface area contributed by atoms with Gasteiger partial charge in [-0.25, -0.2) is 0 Å². The zero-order chi connectivity index (χ0) is 52.4. The molecule has 0 aromatic heterocycles. The molecular weight excluding hydrogens is 941 g/mol. The van der Waals surface area contributed by atoms with Gasteiger partial charge in [0.15, 0.2) is 0 Å². The topological polar surface area (TPSA) is 6.48 Å². The third-order valence-electron chi connectivity index (χ3n) is 15.3. The molecule has 0 unspecified atom stereocenters. The Hall–Kier alpha value is -10.0. The van der Waals surface area contributed by atoms with Gasteiger partial charge in [-0.15, -0.1) is 0 Å². The van der Waals surface area contributed by atoms with E-state index in [-0.39, 0.29) is 0 Å². The van der Waals surface area contributed by atoms with Crippen molar-refractivity contribution in [3.05, 3.63) is 309 Å². The minimum absolute atomic E-state index is 1.09. The summed E-state index contributed by atoms with van der Waals surface area (Å²) in [6.07, 6.45) is 6.59. The number of fused-ring (bicyclic) bond motifs is 4. The van der Waals surface area contributed by atoms with Gasteiger partial charge >= 0.3 is 0 Å². The van der Waals surface area contributed by atoms with Crippen LogP contribution in [0.4, 0.5) is 34.1 Å². The van der Waals surface area contributed by atoms with Crippen molar-refractivity contribution in [1.29, 1.82) is 0 Å². The number of hydrogen-bond acceptors (Lipinski definition) is 2. The Morgan fingerprint density at radius 3 is 0.910 bits per heavy atom. The largest absolute Gasteiger partial charge is 0.311 e. The van der Waals surface area contributed by atoms with Crippen LogP contribution in [0.3, 0.4) is 0 Å². The first-order valence-corrected chi connectivity index (χ1v) is 27.0. The van der Waals surface area contributed by atoms with Gasteiger partial charge in [-0.3, -0.25) is 0 Å². The van der Waals surface area contributed by atoms with E-state index in [9.17, 15) is 0 Å². The number of nitrogens with zero attached hydrogens (tertiary/aromatic N) is 2. The van der Waals surface area contributed by atoms with Gasteiger partial charge < -0.3 is 9.80 Å². The first kappa shape index (κ1) is 47.7. The number of allylic oxidation sites excluding steroid dienone is 4. The lowest BCUT2D eigenvalue weighted by atomic mass is 9.84. The van der Waals surface area contributed by atoms with Crippen LogP contribution in [0, 0.1) is 0 Å². The van der Waals surface area contributed by atoms with Crippen molar-refractivity contribution >= 4 is 82.8 Å². The van der Waals surface area contributed by atoms with Gasteiger partial charge in [0, 0.05) is 34.1 Å². The number of para-hydroxylation sites is 4. The van der Waals surface area contributed by atoms with E-state index < -0.39 is 0 Å². The Labute approximate surface area is 457 Å². The summed E-state index contributed by atoms with van der Waals surface area (Å²) in [6, 6.07) is 104. The molecule has 0 aliphatic rings. The fourth-order valence-corrected chi connectivity index (χ4v) is 11.8. The second-order valence-corrected chi connectivity index (χ2v) is 19.8. The zero-order valence-electron chi connectivity index (χ0n) is 43.8. The fourth-order valence-electron chi connectivity index (χ4n) is 11.8. The monoisotopic (exact) mass is 996 g/mol. The van der Waals surface area contributed by atoms with E-state index in [4.69, 9.17) is 0 Å². The minimum Gasteiger partial charge on any atom is -0.311 e. The molecule has 0 saturated carbocycles. The summed E-state index contributed by atoms with van der Waals surface area (Å²) in [5.74, 6) is 0. The van der Waals surface area contributed by atoms with E-state index in [1.807, 2.05) is 0 Å². The fraction of sp³-hybridized carbons (Fsp3) is 0.0263. The van der Waals surface area contributed by atoms with Crippen LogP contribution in [-0.4, -0.2) is 0 Å². The molecule has 0 saturated heterocycles. The molecule has 2 heteroatoms. The Bertz CT molecular complexity index is 4200. The summed E-state index contributed by atoms with van der Waals surface area (Å²) >= 11 is 0. The average molecular weight is 997 g/mol. The summed E-state index contributed by atoms with van der Waals surface area (Å²) in [4.78, 5) is 4.65. The molecule has 13 aromatic rings. The average Bonchev–Trinajstić information content (AvgIpc) is 3.61. The summed E-state index contributed by atoms with van der Waals surface area (Å²) in [7, 11) is 0. The quantitative estimate of drug-likeness (QED) is 0.0889. The SMILES string of the molecule is C/C=C\C(=C/C)c1c2ccccc2c(-c2ccc(-c3ccc4c(-c5ccc(N(c6ccccc6)c6ccccc6)cc5)c5ccccc5c(-c5ccc(N(c6ccccc6)c6ccccc6)cc5)c4c3)cc2)c2ccccc12. The molecule has 0 atom stereocenters. The van der Waals surface area contributed by atoms with E-state index in [2.05, 4.69) is 327 Å². The zero-order valence-corrected chi connectivity index (χ0v) is 43.8. The van der Waals surface area contributed by atoms with E-state index in [0.717, 1.165) is 39.7 Å². The predicted molar refractivity (Wildman–Crippen MR) is 336 cm³/mol.